The molecule has 5 N–H and O–H groups in total. The molecule has 0 saturated carbocycles. The third-order valence-corrected chi connectivity index (χ3v) is 2.73. The van der Waals surface area contributed by atoms with Gasteiger partial charge in [0.25, 0.3) is 5.91 Å². The van der Waals surface area contributed by atoms with Crippen LogP contribution in [0.5, 0.6) is 5.75 Å². The molecule has 120 valence electrons. The molecule has 0 aliphatic heterocycles. The van der Waals surface area contributed by atoms with Crippen LogP contribution in [0.4, 0.5) is 17.3 Å². The molecule has 0 spiro atoms. The van der Waals surface area contributed by atoms with Crippen LogP contribution in [0.2, 0.25) is 0 Å². The van der Waals surface area contributed by atoms with Gasteiger partial charge < -0.3 is 15.8 Å². The van der Waals surface area contributed by atoms with Crippen LogP contribution in [0.25, 0.3) is 0 Å². The van der Waals surface area contributed by atoms with Gasteiger partial charge in [0.15, 0.2) is 18.2 Å². The summed E-state index contributed by atoms with van der Waals surface area (Å²) in [6.45, 7) is 3.98. The number of amides is 1. The SMILES string of the molecule is C=CCNc1ncnc(NNC(=O)COc2ccccc2)c1N. The molecule has 1 aromatic heterocycles. The average molecular weight is 314 g/mol. The van der Waals surface area contributed by atoms with Crippen LogP contribution in [0, 0.1) is 0 Å². The standard InChI is InChI=1S/C15H18N6O2/c1-2-8-17-14-13(16)15(19-10-18-14)21-20-12(22)9-23-11-6-4-3-5-7-11/h2-7,10H,1,8-9,16H2,(H,20,22)(H2,17,18,19,21). The van der Waals surface area contributed by atoms with Crippen LogP contribution in [-0.2, 0) is 4.79 Å². The Bertz CT molecular complexity index is 662. The Balaban J connectivity index is 1.85. The molecule has 8 heteroatoms. The van der Waals surface area contributed by atoms with Gasteiger partial charge in [0.05, 0.1) is 0 Å². The van der Waals surface area contributed by atoms with Crippen molar-refractivity contribution in [2.24, 2.45) is 0 Å². The molecule has 2 aromatic rings. The zero-order valence-electron chi connectivity index (χ0n) is 12.5. The lowest BCUT2D eigenvalue weighted by molar-refractivity contribution is -0.122. The van der Waals surface area contributed by atoms with Crippen molar-refractivity contribution >= 4 is 23.2 Å². The minimum Gasteiger partial charge on any atom is -0.484 e. The predicted octanol–water partition coefficient (Wildman–Crippen LogP) is 1.18. The van der Waals surface area contributed by atoms with Gasteiger partial charge in [-0.2, -0.15) is 0 Å². The second-order valence-electron chi connectivity index (χ2n) is 4.43. The molecule has 1 aromatic carbocycles. The number of para-hydroxylation sites is 1. The minimum atomic E-state index is -0.368. The van der Waals surface area contributed by atoms with Gasteiger partial charge >= 0.3 is 0 Å². The number of nitrogens with zero attached hydrogens (tertiary/aromatic N) is 2. The molecule has 0 saturated heterocycles. The number of carbonyl (C=O) groups excluding carboxylic acids is 1. The first-order valence-corrected chi connectivity index (χ1v) is 6.88. The molecular formula is C15H18N6O2. The number of aromatic nitrogens is 2. The Hall–Kier alpha value is -3.29. The monoisotopic (exact) mass is 314 g/mol. The molecule has 1 amide bonds. The number of carbonyl (C=O) groups is 1. The maximum Gasteiger partial charge on any atom is 0.276 e. The number of hydrogen-bond donors (Lipinski definition) is 4. The predicted molar refractivity (Wildman–Crippen MR) is 88.8 cm³/mol. The Morgan fingerprint density at radius 1 is 1.26 bits per heavy atom. The number of nitrogen functional groups attached to an aromatic ring is 1. The highest BCUT2D eigenvalue weighted by Crippen LogP contribution is 2.21. The first-order valence-electron chi connectivity index (χ1n) is 6.88. The summed E-state index contributed by atoms with van der Waals surface area (Å²) < 4.78 is 5.32. The Kier molecular flexibility index (Phi) is 5.75. The van der Waals surface area contributed by atoms with Gasteiger partial charge in [0.1, 0.15) is 17.8 Å². The molecule has 23 heavy (non-hydrogen) atoms. The van der Waals surface area contributed by atoms with Crippen molar-refractivity contribution in [3.05, 3.63) is 49.3 Å². The van der Waals surface area contributed by atoms with Crippen molar-refractivity contribution in [2.75, 3.05) is 29.6 Å². The van der Waals surface area contributed by atoms with Crippen LogP contribution in [0.15, 0.2) is 49.3 Å². The largest absolute Gasteiger partial charge is 0.484 e. The number of ether oxygens (including phenoxy) is 1. The smallest absolute Gasteiger partial charge is 0.276 e. The first-order chi connectivity index (χ1) is 11.2. The topological polar surface area (TPSA) is 114 Å². The van der Waals surface area contributed by atoms with Crippen LogP contribution >= 0.6 is 0 Å². The summed E-state index contributed by atoms with van der Waals surface area (Å²) in [5.74, 6) is 0.990. The second-order valence-corrected chi connectivity index (χ2v) is 4.43. The normalized spacial score (nSPS) is 9.74. The lowest BCUT2D eigenvalue weighted by Crippen LogP contribution is -2.34. The van der Waals surface area contributed by atoms with Crippen LogP contribution in [0.3, 0.4) is 0 Å². The highest BCUT2D eigenvalue weighted by molar-refractivity contribution is 5.81. The fourth-order valence-corrected chi connectivity index (χ4v) is 1.64. The zero-order valence-corrected chi connectivity index (χ0v) is 12.5. The van der Waals surface area contributed by atoms with Crippen molar-refractivity contribution in [3.8, 4) is 5.75 Å². The summed E-state index contributed by atoms with van der Waals surface area (Å²) in [7, 11) is 0. The number of benzene rings is 1. The second kappa shape index (κ2) is 8.23. The van der Waals surface area contributed by atoms with Gasteiger partial charge in [0, 0.05) is 6.54 Å². The summed E-state index contributed by atoms with van der Waals surface area (Å²) in [6.07, 6.45) is 3.01. The van der Waals surface area contributed by atoms with Gasteiger partial charge in [-0.25, -0.2) is 9.97 Å². The highest BCUT2D eigenvalue weighted by atomic mass is 16.5. The van der Waals surface area contributed by atoms with E-state index in [1.807, 2.05) is 18.2 Å². The van der Waals surface area contributed by atoms with E-state index in [1.165, 1.54) is 6.33 Å². The molecular weight excluding hydrogens is 296 g/mol. The van der Waals surface area contributed by atoms with E-state index >= 15 is 0 Å². The van der Waals surface area contributed by atoms with E-state index in [4.69, 9.17) is 10.5 Å². The van der Waals surface area contributed by atoms with Gasteiger partial charge in [-0.3, -0.25) is 15.6 Å². The maximum atomic E-state index is 11.7. The van der Waals surface area contributed by atoms with E-state index in [-0.39, 0.29) is 12.5 Å². The third kappa shape index (κ3) is 4.88. The fourth-order valence-electron chi connectivity index (χ4n) is 1.64. The Morgan fingerprint density at radius 3 is 2.74 bits per heavy atom. The lowest BCUT2D eigenvalue weighted by Gasteiger charge is -2.12. The van der Waals surface area contributed by atoms with Crippen molar-refractivity contribution in [3.63, 3.8) is 0 Å². The van der Waals surface area contributed by atoms with Crippen LogP contribution in [-0.4, -0.2) is 29.0 Å². The molecule has 0 atom stereocenters. The summed E-state index contributed by atoms with van der Waals surface area (Å²) in [5.41, 5.74) is 11.3. The summed E-state index contributed by atoms with van der Waals surface area (Å²) in [5, 5.41) is 2.97. The molecule has 0 aliphatic carbocycles. The van der Waals surface area contributed by atoms with Crippen LogP contribution < -0.4 is 26.6 Å². The van der Waals surface area contributed by atoms with E-state index in [0.717, 1.165) is 0 Å². The van der Waals surface area contributed by atoms with Crippen molar-refractivity contribution < 1.29 is 9.53 Å². The number of nitrogens with one attached hydrogen (secondary N) is 3. The number of hydrazine groups is 1. The quantitative estimate of drug-likeness (QED) is 0.427. The van der Waals surface area contributed by atoms with Gasteiger partial charge in [0.2, 0.25) is 0 Å². The van der Waals surface area contributed by atoms with Gasteiger partial charge in [-0.1, -0.05) is 24.3 Å². The Labute approximate surface area is 133 Å². The van der Waals surface area contributed by atoms with E-state index in [2.05, 4.69) is 32.7 Å². The van der Waals surface area contributed by atoms with E-state index in [0.29, 0.717) is 29.6 Å². The third-order valence-electron chi connectivity index (χ3n) is 2.73. The van der Waals surface area contributed by atoms with Gasteiger partial charge in [-0.15, -0.1) is 6.58 Å². The average Bonchev–Trinajstić information content (AvgIpc) is 2.59. The molecule has 0 radical (unpaired) electrons. The minimum absolute atomic E-state index is 0.135. The molecule has 0 unspecified atom stereocenters. The van der Waals surface area contributed by atoms with E-state index in [9.17, 15) is 4.79 Å². The van der Waals surface area contributed by atoms with E-state index in [1.54, 1.807) is 18.2 Å². The summed E-state index contributed by atoms with van der Waals surface area (Å²) in [4.78, 5) is 19.7. The molecule has 2 rings (SSSR count). The molecule has 0 aliphatic rings. The molecule has 0 bridgehead atoms. The number of nitrogens with two attached hydrogens (primary N) is 1. The van der Waals surface area contributed by atoms with Crippen LogP contribution in [0.1, 0.15) is 0 Å². The maximum absolute atomic E-state index is 11.7. The number of hydrogen-bond acceptors (Lipinski definition) is 7. The molecule has 0 fully saturated rings. The zero-order chi connectivity index (χ0) is 16.5. The van der Waals surface area contributed by atoms with Gasteiger partial charge in [-0.05, 0) is 12.1 Å². The van der Waals surface area contributed by atoms with Crippen molar-refractivity contribution in [2.45, 2.75) is 0 Å². The summed E-state index contributed by atoms with van der Waals surface area (Å²) >= 11 is 0. The van der Waals surface area contributed by atoms with E-state index < -0.39 is 0 Å². The fraction of sp³-hybridized carbons (Fsp3) is 0.133. The Morgan fingerprint density at radius 2 is 2.00 bits per heavy atom. The summed E-state index contributed by atoms with van der Waals surface area (Å²) in [6, 6.07) is 9.04. The molecule has 8 nitrogen and oxygen atoms in total. The van der Waals surface area contributed by atoms with Crippen molar-refractivity contribution in [1.29, 1.82) is 0 Å². The number of rotatable bonds is 8. The van der Waals surface area contributed by atoms with Crippen molar-refractivity contribution in [1.82, 2.24) is 15.4 Å². The number of anilines is 3. The first kappa shape index (κ1) is 16.1. The highest BCUT2D eigenvalue weighted by Gasteiger charge is 2.08. The molecule has 1 heterocycles. The lowest BCUT2D eigenvalue weighted by atomic mass is 10.3.